The third-order valence-corrected chi connectivity index (χ3v) is 4.50. The van der Waals surface area contributed by atoms with Crippen LogP contribution >= 0.6 is 15.9 Å². The van der Waals surface area contributed by atoms with Gasteiger partial charge in [0.1, 0.15) is 11.3 Å². The van der Waals surface area contributed by atoms with Gasteiger partial charge in [-0.1, -0.05) is 28.1 Å². The summed E-state index contributed by atoms with van der Waals surface area (Å²) >= 11 is 3.41. The third kappa shape index (κ3) is 4.11. The Kier molecular flexibility index (Phi) is 5.37. The van der Waals surface area contributed by atoms with Crippen LogP contribution in [0.15, 0.2) is 53.3 Å². The van der Waals surface area contributed by atoms with E-state index < -0.39 is 12.0 Å². The summed E-state index contributed by atoms with van der Waals surface area (Å²) in [6, 6.07) is 10.8. The van der Waals surface area contributed by atoms with Crippen LogP contribution in [0.25, 0.3) is 5.65 Å². The number of pyridine rings is 1. The third-order valence-electron chi connectivity index (χ3n) is 4.00. The predicted octanol–water partition coefficient (Wildman–Crippen LogP) is 3.44. The lowest BCUT2D eigenvalue weighted by Crippen LogP contribution is -2.30. The van der Waals surface area contributed by atoms with Crippen LogP contribution in [0, 0.1) is 6.92 Å². The maximum absolute atomic E-state index is 12.7. The summed E-state index contributed by atoms with van der Waals surface area (Å²) < 4.78 is 7.41. The number of amides is 1. The Labute approximate surface area is 159 Å². The van der Waals surface area contributed by atoms with Gasteiger partial charge < -0.3 is 14.5 Å². The van der Waals surface area contributed by atoms with Gasteiger partial charge in [-0.05, 0) is 42.3 Å². The Bertz CT molecular complexity index is 968. The van der Waals surface area contributed by atoms with Crippen LogP contribution < -0.4 is 5.32 Å². The van der Waals surface area contributed by atoms with E-state index >= 15 is 0 Å². The largest absolute Gasteiger partial charge is 0.469 e. The number of hydrogen-bond donors (Lipinski definition) is 1. The molecule has 0 aliphatic carbocycles. The molecule has 0 saturated heterocycles. The Balaban J connectivity index is 1.86. The number of ether oxygens (including phenoxy) is 1. The van der Waals surface area contributed by atoms with Crippen molar-refractivity contribution in [2.24, 2.45) is 0 Å². The number of carbonyl (C=O) groups excluding carboxylic acids is 2. The topological polar surface area (TPSA) is 72.7 Å². The van der Waals surface area contributed by atoms with Gasteiger partial charge in [0, 0.05) is 16.9 Å². The average molecular weight is 416 g/mol. The minimum absolute atomic E-state index is 0.0329. The first-order valence-electron chi connectivity index (χ1n) is 8.05. The molecule has 0 unspecified atom stereocenters. The SMILES string of the molecule is COC(=O)C[C@H](NC(=O)c1cn2ccc(C)cc2n1)c1cccc(Br)c1. The molecule has 3 aromatic rings. The molecule has 2 heterocycles. The average Bonchev–Trinajstić information content (AvgIpc) is 3.04. The van der Waals surface area contributed by atoms with E-state index in [9.17, 15) is 9.59 Å². The highest BCUT2D eigenvalue weighted by Crippen LogP contribution is 2.22. The zero-order valence-electron chi connectivity index (χ0n) is 14.4. The maximum Gasteiger partial charge on any atom is 0.307 e. The molecule has 0 aliphatic heterocycles. The fourth-order valence-corrected chi connectivity index (χ4v) is 3.07. The number of aromatic nitrogens is 2. The van der Waals surface area contributed by atoms with Crippen LogP contribution in [0.1, 0.15) is 34.1 Å². The lowest BCUT2D eigenvalue weighted by atomic mass is 10.0. The fourth-order valence-electron chi connectivity index (χ4n) is 2.65. The molecule has 1 N–H and O–H groups in total. The van der Waals surface area contributed by atoms with Crippen molar-refractivity contribution in [3.63, 3.8) is 0 Å². The molecule has 0 spiro atoms. The van der Waals surface area contributed by atoms with Crippen molar-refractivity contribution in [2.45, 2.75) is 19.4 Å². The van der Waals surface area contributed by atoms with Gasteiger partial charge in [-0.15, -0.1) is 0 Å². The number of nitrogens with one attached hydrogen (secondary N) is 1. The number of fused-ring (bicyclic) bond motifs is 1. The molecule has 1 aromatic carbocycles. The number of halogens is 1. The highest BCUT2D eigenvalue weighted by molar-refractivity contribution is 9.10. The second-order valence-corrected chi connectivity index (χ2v) is 6.87. The number of rotatable bonds is 5. The Morgan fingerprint density at radius 2 is 2.12 bits per heavy atom. The number of benzene rings is 1. The molecule has 7 heteroatoms. The molecule has 6 nitrogen and oxygen atoms in total. The first-order chi connectivity index (χ1) is 12.5. The molecule has 3 rings (SSSR count). The minimum Gasteiger partial charge on any atom is -0.469 e. The van der Waals surface area contributed by atoms with Gasteiger partial charge in [-0.25, -0.2) is 4.98 Å². The molecule has 0 fully saturated rings. The van der Waals surface area contributed by atoms with E-state index in [1.54, 1.807) is 10.6 Å². The van der Waals surface area contributed by atoms with E-state index in [1.807, 2.05) is 49.5 Å². The van der Waals surface area contributed by atoms with Crippen molar-refractivity contribution in [3.8, 4) is 0 Å². The Hall–Kier alpha value is -2.67. The zero-order valence-corrected chi connectivity index (χ0v) is 16.0. The van der Waals surface area contributed by atoms with Gasteiger partial charge in [0.2, 0.25) is 0 Å². The second-order valence-electron chi connectivity index (χ2n) is 5.96. The van der Waals surface area contributed by atoms with Crippen LogP contribution in [-0.2, 0) is 9.53 Å². The summed E-state index contributed by atoms with van der Waals surface area (Å²) in [4.78, 5) is 28.8. The van der Waals surface area contributed by atoms with Crippen LogP contribution in [0.3, 0.4) is 0 Å². The number of aryl methyl sites for hydroxylation is 1. The summed E-state index contributed by atoms with van der Waals surface area (Å²) in [5.41, 5.74) is 2.85. The number of carbonyl (C=O) groups is 2. The van der Waals surface area contributed by atoms with Crippen LogP contribution in [0.2, 0.25) is 0 Å². The smallest absolute Gasteiger partial charge is 0.307 e. The first kappa shape index (κ1) is 18.1. The fraction of sp³-hybridized carbons (Fsp3) is 0.211. The van der Waals surface area contributed by atoms with Crippen molar-refractivity contribution in [2.75, 3.05) is 7.11 Å². The molecule has 1 atom stereocenters. The molecule has 134 valence electrons. The van der Waals surface area contributed by atoms with Crippen molar-refractivity contribution in [1.29, 1.82) is 0 Å². The summed E-state index contributed by atoms with van der Waals surface area (Å²) in [6.45, 7) is 1.97. The second kappa shape index (κ2) is 7.70. The number of hydrogen-bond acceptors (Lipinski definition) is 4. The van der Waals surface area contributed by atoms with E-state index in [0.717, 1.165) is 15.6 Å². The maximum atomic E-state index is 12.7. The highest BCUT2D eigenvalue weighted by Gasteiger charge is 2.21. The molecule has 1 amide bonds. The standard InChI is InChI=1S/C19H18BrN3O3/c1-12-6-7-23-11-16(21-17(23)8-12)19(25)22-15(10-18(24)26-2)13-4-3-5-14(20)9-13/h3-9,11,15H,10H2,1-2H3,(H,22,25)/t15-/m0/s1. The normalized spacial score (nSPS) is 12.0. The first-order valence-corrected chi connectivity index (χ1v) is 8.84. The zero-order chi connectivity index (χ0) is 18.7. The van der Waals surface area contributed by atoms with Crippen LogP contribution in [0.4, 0.5) is 0 Å². The molecule has 0 radical (unpaired) electrons. The van der Waals surface area contributed by atoms with Crippen molar-refractivity contribution < 1.29 is 14.3 Å². The lowest BCUT2D eigenvalue weighted by Gasteiger charge is -2.18. The van der Waals surface area contributed by atoms with Crippen molar-refractivity contribution >= 4 is 33.5 Å². The number of methoxy groups -OCH3 is 1. The Morgan fingerprint density at radius 3 is 2.85 bits per heavy atom. The van der Waals surface area contributed by atoms with E-state index in [0.29, 0.717) is 11.3 Å². The van der Waals surface area contributed by atoms with E-state index in [-0.39, 0.29) is 12.3 Å². The van der Waals surface area contributed by atoms with Crippen molar-refractivity contribution in [3.05, 3.63) is 70.1 Å². The monoisotopic (exact) mass is 415 g/mol. The lowest BCUT2D eigenvalue weighted by molar-refractivity contribution is -0.141. The summed E-state index contributed by atoms with van der Waals surface area (Å²) in [5.74, 6) is -0.749. The van der Waals surface area contributed by atoms with Gasteiger partial charge >= 0.3 is 5.97 Å². The highest BCUT2D eigenvalue weighted by atomic mass is 79.9. The van der Waals surface area contributed by atoms with Crippen LogP contribution in [0.5, 0.6) is 0 Å². The molecule has 0 bridgehead atoms. The predicted molar refractivity (Wildman–Crippen MR) is 101 cm³/mol. The van der Waals surface area contributed by atoms with Crippen LogP contribution in [-0.4, -0.2) is 28.4 Å². The summed E-state index contributed by atoms with van der Waals surface area (Å²) in [6.07, 6.45) is 3.56. The molecular weight excluding hydrogens is 398 g/mol. The molecule has 0 saturated carbocycles. The summed E-state index contributed by atoms with van der Waals surface area (Å²) in [7, 11) is 1.33. The molecule has 2 aromatic heterocycles. The van der Waals surface area contributed by atoms with Gasteiger partial charge in [-0.2, -0.15) is 0 Å². The minimum atomic E-state index is -0.515. The van der Waals surface area contributed by atoms with Gasteiger partial charge in [0.25, 0.3) is 5.91 Å². The van der Waals surface area contributed by atoms with Gasteiger partial charge in [-0.3, -0.25) is 9.59 Å². The summed E-state index contributed by atoms with van der Waals surface area (Å²) in [5, 5.41) is 2.88. The number of nitrogens with zero attached hydrogens (tertiary/aromatic N) is 2. The Morgan fingerprint density at radius 1 is 1.31 bits per heavy atom. The van der Waals surface area contributed by atoms with Crippen molar-refractivity contribution in [1.82, 2.24) is 14.7 Å². The van der Waals surface area contributed by atoms with Gasteiger partial charge in [0.05, 0.1) is 19.6 Å². The van der Waals surface area contributed by atoms with E-state index in [1.165, 1.54) is 7.11 Å². The molecular formula is C19H18BrN3O3. The van der Waals surface area contributed by atoms with Gasteiger partial charge in [0.15, 0.2) is 0 Å². The number of imidazole rings is 1. The molecule has 0 aliphatic rings. The number of esters is 1. The molecule has 26 heavy (non-hydrogen) atoms. The quantitative estimate of drug-likeness (QED) is 0.647. The van der Waals surface area contributed by atoms with E-state index in [4.69, 9.17) is 4.74 Å². The van der Waals surface area contributed by atoms with E-state index in [2.05, 4.69) is 26.2 Å².